The van der Waals surface area contributed by atoms with E-state index in [1.807, 2.05) is 0 Å². The molecule has 8 nitrogen and oxygen atoms in total. The molecule has 120 valence electrons. The zero-order chi connectivity index (χ0) is 15.7. The Morgan fingerprint density at radius 2 is 1.86 bits per heavy atom. The van der Waals surface area contributed by atoms with Crippen molar-refractivity contribution in [2.24, 2.45) is 5.73 Å². The van der Waals surface area contributed by atoms with Crippen LogP contribution in [0.1, 0.15) is 32.1 Å². The number of hydrogen-bond donors (Lipinski definition) is 4. The van der Waals surface area contributed by atoms with Crippen molar-refractivity contribution in [2.75, 3.05) is 26.2 Å². The highest BCUT2D eigenvalue weighted by molar-refractivity contribution is 5.83. The number of urea groups is 1. The Balaban J connectivity index is 2.22. The van der Waals surface area contributed by atoms with E-state index in [9.17, 15) is 14.4 Å². The number of hydrogen-bond acceptors (Lipinski definition) is 4. The van der Waals surface area contributed by atoms with Gasteiger partial charge >= 0.3 is 12.0 Å². The molecule has 1 heterocycles. The maximum atomic E-state index is 11.6. The van der Waals surface area contributed by atoms with Gasteiger partial charge in [0.25, 0.3) is 0 Å². The molecule has 1 rings (SSSR count). The molecule has 0 aromatic heterocycles. The number of amides is 3. The fourth-order valence-electron chi connectivity index (χ4n) is 2.26. The van der Waals surface area contributed by atoms with Crippen LogP contribution in [0.25, 0.3) is 0 Å². The molecule has 1 fully saturated rings. The zero-order valence-corrected chi connectivity index (χ0v) is 12.1. The zero-order valence-electron chi connectivity index (χ0n) is 12.1. The van der Waals surface area contributed by atoms with Crippen molar-refractivity contribution in [3.8, 4) is 0 Å². The Labute approximate surface area is 124 Å². The summed E-state index contributed by atoms with van der Waals surface area (Å²) in [6, 6.07) is -1.64. The second-order valence-corrected chi connectivity index (χ2v) is 5.20. The van der Waals surface area contributed by atoms with Gasteiger partial charge in [-0.3, -0.25) is 4.79 Å². The van der Waals surface area contributed by atoms with Crippen LogP contribution in [0.4, 0.5) is 4.79 Å². The largest absolute Gasteiger partial charge is 0.480 e. The predicted molar refractivity (Wildman–Crippen MR) is 76.7 cm³/mol. The van der Waals surface area contributed by atoms with Crippen molar-refractivity contribution >= 4 is 17.9 Å². The van der Waals surface area contributed by atoms with E-state index in [1.165, 1.54) is 19.3 Å². The van der Waals surface area contributed by atoms with Crippen molar-refractivity contribution in [2.45, 2.75) is 38.1 Å². The van der Waals surface area contributed by atoms with E-state index in [4.69, 9.17) is 10.8 Å². The predicted octanol–water partition coefficient (Wildman–Crippen LogP) is -0.510. The summed E-state index contributed by atoms with van der Waals surface area (Å²) in [7, 11) is 0. The minimum atomic E-state index is -1.18. The molecular formula is C13H24N4O4. The maximum Gasteiger partial charge on any atom is 0.326 e. The maximum absolute atomic E-state index is 11.6. The summed E-state index contributed by atoms with van der Waals surface area (Å²) in [6.45, 7) is 3.31. The van der Waals surface area contributed by atoms with E-state index < -0.39 is 23.9 Å². The van der Waals surface area contributed by atoms with Gasteiger partial charge in [0, 0.05) is 19.5 Å². The van der Waals surface area contributed by atoms with Crippen LogP contribution in [0.3, 0.4) is 0 Å². The number of likely N-dealkylation sites (tertiary alicyclic amines) is 1. The summed E-state index contributed by atoms with van der Waals surface area (Å²) in [5.41, 5.74) is 4.97. The number of nitrogens with one attached hydrogen (secondary N) is 2. The Morgan fingerprint density at radius 3 is 2.43 bits per heavy atom. The van der Waals surface area contributed by atoms with Gasteiger partial charge in [-0.25, -0.2) is 9.59 Å². The quantitative estimate of drug-likeness (QED) is 0.480. The molecular weight excluding hydrogens is 276 g/mol. The lowest BCUT2D eigenvalue weighted by molar-refractivity contribution is -0.139. The smallest absolute Gasteiger partial charge is 0.326 e. The number of piperidine rings is 1. The van der Waals surface area contributed by atoms with E-state index in [0.29, 0.717) is 6.54 Å². The van der Waals surface area contributed by atoms with Crippen molar-refractivity contribution in [3.63, 3.8) is 0 Å². The minimum Gasteiger partial charge on any atom is -0.480 e. The standard InChI is InChI=1S/C13H24N4O4/c14-11(18)5-4-10(12(19)20)16-13(21)15-6-9-17-7-2-1-3-8-17/h10H,1-9H2,(H2,14,18)(H,19,20)(H2,15,16,21)/t10-/m0/s1. The fourth-order valence-corrected chi connectivity index (χ4v) is 2.26. The van der Waals surface area contributed by atoms with Gasteiger partial charge in [0.15, 0.2) is 0 Å². The average Bonchev–Trinajstić information content (AvgIpc) is 2.44. The summed E-state index contributed by atoms with van der Waals surface area (Å²) in [5.74, 6) is -1.77. The van der Waals surface area contributed by atoms with Crippen LogP contribution in [0, 0.1) is 0 Å². The molecule has 21 heavy (non-hydrogen) atoms. The topological polar surface area (TPSA) is 125 Å². The van der Waals surface area contributed by atoms with Crippen molar-refractivity contribution in [1.29, 1.82) is 0 Å². The van der Waals surface area contributed by atoms with Crippen molar-refractivity contribution < 1.29 is 19.5 Å². The van der Waals surface area contributed by atoms with Crippen LogP contribution in [-0.2, 0) is 9.59 Å². The van der Waals surface area contributed by atoms with Crippen LogP contribution in [0.15, 0.2) is 0 Å². The Morgan fingerprint density at radius 1 is 1.19 bits per heavy atom. The summed E-state index contributed by atoms with van der Waals surface area (Å²) in [5, 5.41) is 13.9. The molecule has 5 N–H and O–H groups in total. The van der Waals surface area contributed by atoms with Gasteiger partial charge in [-0.15, -0.1) is 0 Å². The number of carbonyl (C=O) groups is 3. The van der Waals surface area contributed by atoms with Gasteiger partial charge < -0.3 is 26.4 Å². The molecule has 1 atom stereocenters. The van der Waals surface area contributed by atoms with Gasteiger partial charge in [0.05, 0.1) is 0 Å². The highest BCUT2D eigenvalue weighted by Gasteiger charge is 2.20. The first-order valence-electron chi connectivity index (χ1n) is 7.27. The van der Waals surface area contributed by atoms with Gasteiger partial charge in [-0.1, -0.05) is 6.42 Å². The van der Waals surface area contributed by atoms with E-state index in [-0.39, 0.29) is 12.8 Å². The third-order valence-corrected chi connectivity index (χ3v) is 3.45. The molecule has 1 aliphatic heterocycles. The van der Waals surface area contributed by atoms with Gasteiger partial charge in [0.1, 0.15) is 6.04 Å². The summed E-state index contributed by atoms with van der Waals surface area (Å²) >= 11 is 0. The Hall–Kier alpha value is -1.83. The van der Waals surface area contributed by atoms with Gasteiger partial charge in [0.2, 0.25) is 5.91 Å². The Bertz CT molecular complexity index is 369. The normalized spacial score (nSPS) is 17.0. The number of carbonyl (C=O) groups excluding carboxylic acids is 2. The molecule has 0 bridgehead atoms. The highest BCUT2D eigenvalue weighted by Crippen LogP contribution is 2.07. The van der Waals surface area contributed by atoms with Crippen LogP contribution in [0.2, 0.25) is 0 Å². The molecule has 0 aromatic carbocycles. The number of nitrogens with zero attached hydrogens (tertiary/aromatic N) is 1. The molecule has 0 saturated carbocycles. The summed E-state index contributed by atoms with van der Waals surface area (Å²) < 4.78 is 0. The number of carboxylic acid groups (broad SMARTS) is 1. The van der Waals surface area contributed by atoms with E-state index >= 15 is 0 Å². The number of primary amides is 1. The lowest BCUT2D eigenvalue weighted by atomic mass is 10.1. The average molecular weight is 300 g/mol. The molecule has 1 saturated heterocycles. The van der Waals surface area contributed by atoms with E-state index in [1.54, 1.807) is 0 Å². The minimum absolute atomic E-state index is 0.00971. The SMILES string of the molecule is NC(=O)CC[C@H](NC(=O)NCCN1CCCCC1)C(=O)O. The monoisotopic (exact) mass is 300 g/mol. The molecule has 0 unspecified atom stereocenters. The molecule has 0 aliphatic carbocycles. The molecule has 1 aliphatic rings. The third kappa shape index (κ3) is 7.50. The van der Waals surface area contributed by atoms with Crippen molar-refractivity contribution in [3.05, 3.63) is 0 Å². The number of carboxylic acids is 1. The first-order chi connectivity index (χ1) is 9.99. The lowest BCUT2D eigenvalue weighted by Crippen LogP contribution is -2.48. The second-order valence-electron chi connectivity index (χ2n) is 5.20. The number of rotatable bonds is 8. The van der Waals surface area contributed by atoms with Crippen LogP contribution >= 0.6 is 0 Å². The lowest BCUT2D eigenvalue weighted by Gasteiger charge is -2.26. The van der Waals surface area contributed by atoms with Gasteiger partial charge in [-0.05, 0) is 32.4 Å². The molecule has 3 amide bonds. The number of aliphatic carboxylic acids is 1. The molecule has 0 aromatic rings. The molecule has 8 heteroatoms. The molecule has 0 spiro atoms. The fraction of sp³-hybridized carbons (Fsp3) is 0.769. The third-order valence-electron chi connectivity index (χ3n) is 3.45. The van der Waals surface area contributed by atoms with E-state index in [2.05, 4.69) is 15.5 Å². The van der Waals surface area contributed by atoms with Crippen LogP contribution in [-0.4, -0.2) is 60.1 Å². The van der Waals surface area contributed by atoms with Crippen LogP contribution < -0.4 is 16.4 Å². The first-order valence-corrected chi connectivity index (χ1v) is 7.27. The van der Waals surface area contributed by atoms with Gasteiger partial charge in [-0.2, -0.15) is 0 Å². The summed E-state index contributed by atoms with van der Waals surface area (Å²) in [6.07, 6.45) is 3.53. The highest BCUT2D eigenvalue weighted by atomic mass is 16.4. The van der Waals surface area contributed by atoms with Crippen molar-refractivity contribution in [1.82, 2.24) is 15.5 Å². The van der Waals surface area contributed by atoms with E-state index in [0.717, 1.165) is 19.6 Å². The molecule has 0 radical (unpaired) electrons. The summed E-state index contributed by atoms with van der Waals surface area (Å²) in [4.78, 5) is 35.5. The Kier molecular flexibility index (Phi) is 7.52. The first kappa shape index (κ1) is 17.2. The number of nitrogens with two attached hydrogens (primary N) is 1. The second kappa shape index (κ2) is 9.17. The van der Waals surface area contributed by atoms with Crippen LogP contribution in [0.5, 0.6) is 0 Å².